The van der Waals surface area contributed by atoms with Crippen molar-refractivity contribution in [3.8, 4) is 33.4 Å². The van der Waals surface area contributed by atoms with Crippen molar-refractivity contribution < 1.29 is 10.0 Å². The van der Waals surface area contributed by atoms with Gasteiger partial charge in [0.1, 0.15) is 0 Å². The summed E-state index contributed by atoms with van der Waals surface area (Å²) >= 11 is 1.65. The van der Waals surface area contributed by atoms with Crippen LogP contribution in [0.2, 0.25) is 0 Å². The molecule has 0 aliphatic heterocycles. The molecule has 0 unspecified atom stereocenters. The van der Waals surface area contributed by atoms with E-state index in [2.05, 4.69) is 115 Å². The topological polar surface area (TPSA) is 40.5 Å². The predicted octanol–water partition coefficient (Wildman–Crippen LogP) is 7.74. The van der Waals surface area contributed by atoms with Crippen LogP contribution in [-0.2, 0) is 5.41 Å². The molecule has 0 atom stereocenters. The summed E-state index contributed by atoms with van der Waals surface area (Å²) in [7, 11) is -1.51. The van der Waals surface area contributed by atoms with Gasteiger partial charge in [-0.1, -0.05) is 127 Å². The molecule has 0 saturated carbocycles. The van der Waals surface area contributed by atoms with E-state index in [1.807, 2.05) is 6.07 Å². The fourth-order valence-electron chi connectivity index (χ4n) is 7.63. The standard InChI is InChI=1S/C37H23BO2S/c39-38(40)33-21-9-16-27-26-15-7-14-25(35(26)41-36(27)33)24-13-8-20-32-34(24)28-12-3-6-19-31(28)37(32)29-17-4-1-10-22(29)23-11-2-5-18-30(23)37/h1-21,39-40H. The molecule has 0 bridgehead atoms. The molecule has 4 heteroatoms. The lowest BCUT2D eigenvalue weighted by Crippen LogP contribution is -2.29. The predicted molar refractivity (Wildman–Crippen MR) is 171 cm³/mol. The molecule has 1 aromatic heterocycles. The average molecular weight is 542 g/mol. The maximum absolute atomic E-state index is 10.1. The summed E-state index contributed by atoms with van der Waals surface area (Å²) in [4.78, 5) is 0. The van der Waals surface area contributed by atoms with Crippen LogP contribution in [-0.4, -0.2) is 17.2 Å². The van der Waals surface area contributed by atoms with Crippen LogP contribution in [0.1, 0.15) is 22.3 Å². The summed E-state index contributed by atoms with van der Waals surface area (Å²) in [5.74, 6) is 0. The van der Waals surface area contributed by atoms with Crippen molar-refractivity contribution in [1.82, 2.24) is 0 Å². The minimum absolute atomic E-state index is 0.378. The third kappa shape index (κ3) is 2.84. The van der Waals surface area contributed by atoms with Gasteiger partial charge in [-0.25, -0.2) is 0 Å². The second-order valence-electron chi connectivity index (χ2n) is 11.0. The molecular weight excluding hydrogens is 519 g/mol. The lowest BCUT2D eigenvalue weighted by atomic mass is 9.70. The maximum atomic E-state index is 10.1. The van der Waals surface area contributed by atoms with Gasteiger partial charge in [-0.3, -0.25) is 0 Å². The largest absolute Gasteiger partial charge is 0.489 e. The van der Waals surface area contributed by atoms with Crippen LogP contribution in [0.5, 0.6) is 0 Å². The van der Waals surface area contributed by atoms with Gasteiger partial charge >= 0.3 is 7.12 Å². The Morgan fingerprint density at radius 3 is 1.61 bits per heavy atom. The summed E-state index contributed by atoms with van der Waals surface area (Å²) in [5.41, 5.74) is 13.0. The van der Waals surface area contributed by atoms with Gasteiger partial charge < -0.3 is 10.0 Å². The summed E-state index contributed by atoms with van der Waals surface area (Å²) in [6.07, 6.45) is 0. The third-order valence-corrected chi connectivity index (χ3v) is 10.4. The molecule has 0 saturated heterocycles. The van der Waals surface area contributed by atoms with Crippen LogP contribution in [0.3, 0.4) is 0 Å². The smallest absolute Gasteiger partial charge is 0.423 e. The van der Waals surface area contributed by atoms with Crippen molar-refractivity contribution in [3.05, 3.63) is 150 Å². The zero-order valence-corrected chi connectivity index (χ0v) is 22.8. The molecule has 0 radical (unpaired) electrons. The molecule has 9 rings (SSSR count). The van der Waals surface area contributed by atoms with E-state index in [0.29, 0.717) is 5.46 Å². The van der Waals surface area contributed by atoms with Crippen molar-refractivity contribution in [1.29, 1.82) is 0 Å². The lowest BCUT2D eigenvalue weighted by Gasteiger charge is -2.30. The Morgan fingerprint density at radius 2 is 0.927 bits per heavy atom. The first-order chi connectivity index (χ1) is 20.2. The molecule has 1 heterocycles. The van der Waals surface area contributed by atoms with Crippen LogP contribution < -0.4 is 5.46 Å². The molecule has 0 amide bonds. The minimum atomic E-state index is -1.51. The molecule has 41 heavy (non-hydrogen) atoms. The second kappa shape index (κ2) is 8.28. The van der Waals surface area contributed by atoms with Gasteiger partial charge in [0.05, 0.1) is 5.41 Å². The quantitative estimate of drug-likeness (QED) is 0.219. The number of hydrogen-bond donors (Lipinski definition) is 2. The fourth-order valence-corrected chi connectivity index (χ4v) is 8.98. The Labute approximate surface area is 241 Å². The molecule has 192 valence electrons. The highest BCUT2D eigenvalue weighted by Crippen LogP contribution is 2.64. The summed E-state index contributed by atoms with van der Waals surface area (Å²) in [6, 6.07) is 45.7. The van der Waals surface area contributed by atoms with E-state index < -0.39 is 7.12 Å². The van der Waals surface area contributed by atoms with Crippen LogP contribution in [0.4, 0.5) is 0 Å². The van der Waals surface area contributed by atoms with Gasteiger partial charge in [0.2, 0.25) is 0 Å². The van der Waals surface area contributed by atoms with Gasteiger partial charge in [-0.15, -0.1) is 11.3 Å². The highest BCUT2D eigenvalue weighted by atomic mass is 32.1. The Morgan fingerprint density at radius 1 is 0.439 bits per heavy atom. The number of benzene rings is 6. The van der Waals surface area contributed by atoms with Crippen molar-refractivity contribution in [2.24, 2.45) is 0 Å². The fraction of sp³-hybridized carbons (Fsp3) is 0.0270. The Kier molecular flexibility index (Phi) is 4.69. The van der Waals surface area contributed by atoms with Crippen molar-refractivity contribution in [3.63, 3.8) is 0 Å². The number of thiophene rings is 1. The highest BCUT2D eigenvalue weighted by molar-refractivity contribution is 7.27. The first-order valence-electron chi connectivity index (χ1n) is 13.9. The van der Waals surface area contributed by atoms with E-state index in [1.54, 1.807) is 17.4 Å². The first-order valence-corrected chi connectivity index (χ1v) is 14.7. The summed E-state index contributed by atoms with van der Waals surface area (Å²) < 4.78 is 2.09. The van der Waals surface area contributed by atoms with Gasteiger partial charge in [-0.05, 0) is 60.9 Å². The zero-order valence-electron chi connectivity index (χ0n) is 22.0. The van der Waals surface area contributed by atoms with E-state index >= 15 is 0 Å². The first kappa shape index (κ1) is 23.3. The van der Waals surface area contributed by atoms with E-state index in [-0.39, 0.29) is 5.41 Å². The van der Waals surface area contributed by atoms with E-state index in [9.17, 15) is 10.0 Å². The van der Waals surface area contributed by atoms with Crippen LogP contribution >= 0.6 is 11.3 Å². The Bertz CT molecular complexity index is 2160. The maximum Gasteiger partial charge on any atom is 0.489 e. The number of hydrogen-bond acceptors (Lipinski definition) is 3. The molecule has 6 aromatic carbocycles. The van der Waals surface area contributed by atoms with Crippen LogP contribution in [0, 0.1) is 0 Å². The number of rotatable bonds is 2. The van der Waals surface area contributed by atoms with Gasteiger partial charge in [0, 0.05) is 20.3 Å². The molecule has 2 aliphatic carbocycles. The van der Waals surface area contributed by atoms with Gasteiger partial charge in [0.25, 0.3) is 0 Å². The van der Waals surface area contributed by atoms with Crippen LogP contribution in [0.25, 0.3) is 53.6 Å². The van der Waals surface area contributed by atoms with Crippen molar-refractivity contribution >= 4 is 44.1 Å². The lowest BCUT2D eigenvalue weighted by molar-refractivity contribution is 0.426. The Hall–Kier alpha value is -4.48. The monoisotopic (exact) mass is 542 g/mol. The normalized spacial score (nSPS) is 13.8. The van der Waals surface area contributed by atoms with E-state index in [1.165, 1.54) is 55.6 Å². The minimum Gasteiger partial charge on any atom is -0.423 e. The number of fused-ring (bicyclic) bond motifs is 13. The molecule has 2 N–H and O–H groups in total. The van der Waals surface area contributed by atoms with Crippen molar-refractivity contribution in [2.75, 3.05) is 0 Å². The third-order valence-electron chi connectivity index (χ3n) is 9.14. The van der Waals surface area contributed by atoms with Gasteiger partial charge in [0.15, 0.2) is 0 Å². The average Bonchev–Trinajstić information content (AvgIpc) is 3.65. The molecule has 1 spiro atoms. The molecule has 7 aromatic rings. The Balaban J connectivity index is 1.41. The summed E-state index contributed by atoms with van der Waals surface area (Å²) in [6.45, 7) is 0. The summed E-state index contributed by atoms with van der Waals surface area (Å²) in [5, 5.41) is 22.4. The second-order valence-corrected chi connectivity index (χ2v) is 12.0. The molecular formula is C37H23BO2S. The van der Waals surface area contributed by atoms with E-state index in [0.717, 1.165) is 20.2 Å². The van der Waals surface area contributed by atoms with Crippen LogP contribution in [0.15, 0.2) is 127 Å². The molecule has 2 aliphatic rings. The van der Waals surface area contributed by atoms with Gasteiger partial charge in [-0.2, -0.15) is 0 Å². The van der Waals surface area contributed by atoms with Crippen molar-refractivity contribution in [2.45, 2.75) is 5.41 Å². The highest BCUT2D eigenvalue weighted by Gasteiger charge is 2.51. The van der Waals surface area contributed by atoms with E-state index in [4.69, 9.17) is 0 Å². The zero-order chi connectivity index (χ0) is 27.3. The SMILES string of the molecule is OB(O)c1cccc2c1sc1c(-c3cccc4c3-c3ccccc3C43c4ccccc4-c4ccccc43)cccc12. The molecule has 2 nitrogen and oxygen atoms in total. The molecule has 0 fully saturated rings.